The Morgan fingerprint density at radius 3 is 2.03 bits per heavy atom. The molecule has 2 aromatic carbocycles. The lowest BCUT2D eigenvalue weighted by Gasteiger charge is -2.35. The topological polar surface area (TPSA) is 68.3 Å². The number of hydrogen-bond donors (Lipinski definition) is 0. The van der Waals surface area contributed by atoms with Crippen molar-refractivity contribution in [3.8, 4) is 17.2 Å². The Labute approximate surface area is 183 Å². The van der Waals surface area contributed by atoms with E-state index < -0.39 is 11.7 Å². The number of nitrogens with zero attached hydrogens (tertiary/aromatic N) is 2. The van der Waals surface area contributed by atoms with Crippen molar-refractivity contribution in [2.75, 3.05) is 47.0 Å². The fourth-order valence-electron chi connectivity index (χ4n) is 3.28. The molecule has 0 saturated carbocycles. The molecule has 3 rings (SSSR count). The lowest BCUT2D eigenvalue weighted by molar-refractivity contribution is -0.138. The maximum absolute atomic E-state index is 12.9. The highest BCUT2D eigenvalue weighted by Gasteiger charge is 2.30. The van der Waals surface area contributed by atoms with Crippen LogP contribution < -0.4 is 14.2 Å². The molecular formula is C22H23F3N2O5. The van der Waals surface area contributed by atoms with E-state index in [9.17, 15) is 22.8 Å². The fraction of sp³-hybridized carbons (Fsp3) is 0.364. The standard InChI is InChI=1S/C22H23F3N2O5/c1-30-17-7-8-18(19(13-17)31-2)21(29)27-11-9-26(10-12-27)20(28)14-32-16-5-3-15(4-6-16)22(23,24)25/h3-8,13H,9-12,14H2,1-2H3. The average Bonchev–Trinajstić information content (AvgIpc) is 2.81. The number of carbonyl (C=O) groups excluding carboxylic acids is 2. The van der Waals surface area contributed by atoms with E-state index in [1.165, 1.54) is 26.4 Å². The lowest BCUT2D eigenvalue weighted by Crippen LogP contribution is -2.51. The predicted octanol–water partition coefficient (Wildman–Crippen LogP) is 3.09. The second-order valence-electron chi connectivity index (χ2n) is 7.05. The van der Waals surface area contributed by atoms with E-state index >= 15 is 0 Å². The number of amides is 2. The smallest absolute Gasteiger partial charge is 0.416 e. The molecule has 1 aliphatic rings. The number of hydrogen-bond acceptors (Lipinski definition) is 5. The molecule has 1 fully saturated rings. The molecule has 0 N–H and O–H groups in total. The van der Waals surface area contributed by atoms with Gasteiger partial charge in [-0.3, -0.25) is 9.59 Å². The predicted molar refractivity (Wildman–Crippen MR) is 109 cm³/mol. The summed E-state index contributed by atoms with van der Waals surface area (Å²) in [5.41, 5.74) is -0.385. The van der Waals surface area contributed by atoms with Crippen molar-refractivity contribution in [2.45, 2.75) is 6.18 Å². The van der Waals surface area contributed by atoms with Gasteiger partial charge in [-0.25, -0.2) is 0 Å². The first-order valence-corrected chi connectivity index (χ1v) is 9.82. The molecule has 1 heterocycles. The van der Waals surface area contributed by atoms with Gasteiger partial charge in [-0.1, -0.05) is 0 Å². The molecule has 0 radical (unpaired) electrons. The van der Waals surface area contributed by atoms with Crippen LogP contribution in [0.4, 0.5) is 13.2 Å². The van der Waals surface area contributed by atoms with E-state index in [4.69, 9.17) is 14.2 Å². The van der Waals surface area contributed by atoms with E-state index in [0.29, 0.717) is 43.2 Å². The van der Waals surface area contributed by atoms with Gasteiger partial charge in [0.15, 0.2) is 6.61 Å². The molecule has 32 heavy (non-hydrogen) atoms. The highest BCUT2D eigenvalue weighted by molar-refractivity contribution is 5.97. The highest BCUT2D eigenvalue weighted by Crippen LogP contribution is 2.30. The van der Waals surface area contributed by atoms with Gasteiger partial charge in [-0.15, -0.1) is 0 Å². The molecule has 1 saturated heterocycles. The summed E-state index contributed by atoms with van der Waals surface area (Å²) in [5.74, 6) is 0.628. The number of ether oxygens (including phenoxy) is 3. The van der Waals surface area contributed by atoms with Gasteiger partial charge in [0.2, 0.25) is 0 Å². The molecule has 0 unspecified atom stereocenters. The molecule has 2 aromatic rings. The summed E-state index contributed by atoms with van der Waals surface area (Å²) in [6, 6.07) is 9.09. The van der Waals surface area contributed by atoms with Crippen molar-refractivity contribution in [3.05, 3.63) is 53.6 Å². The van der Waals surface area contributed by atoms with E-state index in [1.807, 2.05) is 0 Å². The summed E-state index contributed by atoms with van der Waals surface area (Å²) >= 11 is 0. The van der Waals surface area contributed by atoms with Crippen LogP contribution in [0.15, 0.2) is 42.5 Å². The first-order chi connectivity index (χ1) is 15.2. The van der Waals surface area contributed by atoms with Crippen molar-refractivity contribution in [1.82, 2.24) is 9.80 Å². The van der Waals surface area contributed by atoms with Crippen LogP contribution in [0.1, 0.15) is 15.9 Å². The molecule has 1 aliphatic heterocycles. The first kappa shape index (κ1) is 23.2. The van der Waals surface area contributed by atoms with Gasteiger partial charge in [-0.2, -0.15) is 13.2 Å². The van der Waals surface area contributed by atoms with Crippen molar-refractivity contribution >= 4 is 11.8 Å². The third-order valence-corrected chi connectivity index (χ3v) is 5.10. The lowest BCUT2D eigenvalue weighted by atomic mass is 10.1. The number of carbonyl (C=O) groups is 2. The Morgan fingerprint density at radius 2 is 1.47 bits per heavy atom. The van der Waals surface area contributed by atoms with Crippen LogP contribution in [-0.4, -0.2) is 68.6 Å². The number of halogens is 3. The number of piperazine rings is 1. The van der Waals surface area contributed by atoms with Crippen LogP contribution in [-0.2, 0) is 11.0 Å². The van der Waals surface area contributed by atoms with Gasteiger partial charge in [0.1, 0.15) is 17.2 Å². The van der Waals surface area contributed by atoms with Crippen LogP contribution in [0, 0.1) is 0 Å². The van der Waals surface area contributed by atoms with Crippen molar-refractivity contribution in [1.29, 1.82) is 0 Å². The monoisotopic (exact) mass is 452 g/mol. The van der Waals surface area contributed by atoms with Crippen LogP contribution in [0.25, 0.3) is 0 Å². The average molecular weight is 452 g/mol. The van der Waals surface area contributed by atoms with Gasteiger partial charge in [-0.05, 0) is 36.4 Å². The molecule has 172 valence electrons. The second-order valence-corrected chi connectivity index (χ2v) is 7.05. The van der Waals surface area contributed by atoms with Crippen molar-refractivity contribution in [2.24, 2.45) is 0 Å². The zero-order valence-electron chi connectivity index (χ0n) is 17.6. The third-order valence-electron chi connectivity index (χ3n) is 5.10. The molecule has 0 spiro atoms. The molecule has 2 amide bonds. The molecule has 0 aliphatic carbocycles. The number of methoxy groups -OCH3 is 2. The summed E-state index contributed by atoms with van der Waals surface area (Å²) in [5, 5.41) is 0. The molecule has 0 bridgehead atoms. The fourth-order valence-corrected chi connectivity index (χ4v) is 3.28. The minimum absolute atomic E-state index is 0.173. The summed E-state index contributed by atoms with van der Waals surface area (Å²) < 4.78 is 53.6. The molecule has 0 aromatic heterocycles. The van der Waals surface area contributed by atoms with Crippen molar-refractivity contribution in [3.63, 3.8) is 0 Å². The number of alkyl halides is 3. The molecular weight excluding hydrogens is 429 g/mol. The maximum atomic E-state index is 12.9. The zero-order chi connectivity index (χ0) is 23.3. The van der Waals surface area contributed by atoms with E-state index in [1.54, 1.807) is 28.0 Å². The zero-order valence-corrected chi connectivity index (χ0v) is 17.6. The third kappa shape index (κ3) is 5.43. The summed E-state index contributed by atoms with van der Waals surface area (Å²) in [6.45, 7) is 1.00. The minimum Gasteiger partial charge on any atom is -0.497 e. The number of rotatable bonds is 6. The second kappa shape index (κ2) is 9.80. The van der Waals surface area contributed by atoms with Crippen LogP contribution in [0.2, 0.25) is 0 Å². The molecule has 7 nitrogen and oxygen atoms in total. The number of benzene rings is 2. The van der Waals surface area contributed by atoms with Gasteiger partial charge >= 0.3 is 6.18 Å². The van der Waals surface area contributed by atoms with E-state index in [-0.39, 0.29) is 24.2 Å². The van der Waals surface area contributed by atoms with Crippen LogP contribution >= 0.6 is 0 Å². The summed E-state index contributed by atoms with van der Waals surface area (Å²) in [7, 11) is 2.99. The van der Waals surface area contributed by atoms with Gasteiger partial charge in [0.25, 0.3) is 11.8 Å². The minimum atomic E-state index is -4.43. The van der Waals surface area contributed by atoms with Gasteiger partial charge in [0, 0.05) is 32.2 Å². The normalized spacial score (nSPS) is 14.2. The highest BCUT2D eigenvalue weighted by atomic mass is 19.4. The summed E-state index contributed by atoms with van der Waals surface area (Å²) in [6.07, 6.45) is -4.43. The Hall–Kier alpha value is -3.43. The van der Waals surface area contributed by atoms with Gasteiger partial charge in [0.05, 0.1) is 25.3 Å². The Kier molecular flexibility index (Phi) is 7.12. The molecule has 10 heteroatoms. The Bertz CT molecular complexity index is 955. The Balaban J connectivity index is 1.52. The van der Waals surface area contributed by atoms with E-state index in [0.717, 1.165) is 12.1 Å². The maximum Gasteiger partial charge on any atom is 0.416 e. The quantitative estimate of drug-likeness (QED) is 0.674. The SMILES string of the molecule is COc1ccc(C(=O)N2CCN(C(=O)COc3ccc(C(F)(F)F)cc3)CC2)c(OC)c1. The van der Waals surface area contributed by atoms with Crippen molar-refractivity contribution < 1.29 is 37.0 Å². The van der Waals surface area contributed by atoms with E-state index in [2.05, 4.69) is 0 Å². The first-order valence-electron chi connectivity index (χ1n) is 9.82. The Morgan fingerprint density at radius 1 is 0.875 bits per heavy atom. The van der Waals surface area contributed by atoms with Crippen LogP contribution in [0.5, 0.6) is 17.2 Å². The van der Waals surface area contributed by atoms with Crippen LogP contribution in [0.3, 0.4) is 0 Å². The summed E-state index contributed by atoms with van der Waals surface area (Å²) in [4.78, 5) is 28.4. The van der Waals surface area contributed by atoms with Gasteiger partial charge < -0.3 is 24.0 Å². The largest absolute Gasteiger partial charge is 0.497 e. The molecule has 0 atom stereocenters.